The Labute approximate surface area is 101 Å². The van der Waals surface area contributed by atoms with Crippen LogP contribution < -0.4 is 9.61 Å². The Balaban J connectivity index is 2.36. The van der Waals surface area contributed by atoms with Gasteiger partial charge in [-0.2, -0.15) is 4.98 Å². The van der Waals surface area contributed by atoms with Gasteiger partial charge in [0.05, 0.1) is 4.70 Å². The van der Waals surface area contributed by atoms with Crippen LogP contribution in [0.5, 0.6) is 5.88 Å². The highest BCUT2D eigenvalue weighted by molar-refractivity contribution is 7.16. The highest BCUT2D eigenvalue weighted by Crippen LogP contribution is 2.22. The Morgan fingerprint density at radius 2 is 2.35 bits per heavy atom. The van der Waals surface area contributed by atoms with E-state index in [1.165, 1.54) is 0 Å². The number of carbonyl (C=O) groups excluding carboxylic acids is 1. The Kier molecular flexibility index (Phi) is 3.23. The maximum atomic E-state index is 11.3. The summed E-state index contributed by atoms with van der Waals surface area (Å²) in [5.41, 5.74) is 1.34. The van der Waals surface area contributed by atoms with Crippen molar-refractivity contribution in [2.45, 2.75) is 26.7 Å². The first-order valence-electron chi connectivity index (χ1n) is 5.31. The molecule has 90 valence electrons. The minimum absolute atomic E-state index is 0.160. The van der Waals surface area contributed by atoms with Crippen molar-refractivity contribution >= 4 is 27.7 Å². The van der Waals surface area contributed by atoms with Crippen molar-refractivity contribution in [3.63, 3.8) is 0 Å². The average molecular weight is 252 g/mol. The van der Waals surface area contributed by atoms with Gasteiger partial charge in [-0.1, -0.05) is 18.3 Å². The zero-order valence-electron chi connectivity index (χ0n) is 9.57. The van der Waals surface area contributed by atoms with Gasteiger partial charge in [-0.15, -0.1) is 0 Å². The topological polar surface area (TPSA) is 72.1 Å². The molecule has 0 atom stereocenters. The highest BCUT2D eigenvalue weighted by atomic mass is 32.1. The van der Waals surface area contributed by atoms with Gasteiger partial charge in [0.1, 0.15) is 0 Å². The summed E-state index contributed by atoms with van der Waals surface area (Å²) in [5.74, 6) is -0.0705. The smallest absolute Gasteiger partial charge is 0.312 e. The summed E-state index contributed by atoms with van der Waals surface area (Å²) in [4.78, 5) is 29.1. The second-order valence-corrected chi connectivity index (χ2v) is 4.68. The molecule has 0 spiro atoms. The monoisotopic (exact) mass is 252 g/mol. The summed E-state index contributed by atoms with van der Waals surface area (Å²) >= 11 is 1.10. The Morgan fingerprint density at radius 3 is 3.06 bits per heavy atom. The fourth-order valence-corrected chi connectivity index (χ4v) is 2.23. The zero-order chi connectivity index (χ0) is 12.4. The van der Waals surface area contributed by atoms with E-state index in [9.17, 15) is 9.59 Å². The highest BCUT2D eigenvalue weighted by Gasteiger charge is 2.10. The van der Waals surface area contributed by atoms with E-state index < -0.39 is 0 Å². The molecule has 0 aliphatic carbocycles. The number of aromatic nitrogens is 2. The van der Waals surface area contributed by atoms with E-state index in [1.807, 2.05) is 13.8 Å². The van der Waals surface area contributed by atoms with E-state index in [-0.39, 0.29) is 16.7 Å². The molecule has 5 nitrogen and oxygen atoms in total. The van der Waals surface area contributed by atoms with Crippen LogP contribution in [0, 0.1) is 6.92 Å². The lowest BCUT2D eigenvalue weighted by Crippen LogP contribution is -2.08. The SMILES string of the molecule is CCCC(=O)Oc1cc(C)c2sc(=O)[nH]c2n1. The first-order chi connectivity index (χ1) is 8.10. The minimum Gasteiger partial charge on any atom is -0.407 e. The van der Waals surface area contributed by atoms with Crippen LogP contribution in [0.15, 0.2) is 10.9 Å². The Morgan fingerprint density at radius 1 is 1.59 bits per heavy atom. The van der Waals surface area contributed by atoms with Gasteiger partial charge in [-0.3, -0.25) is 14.6 Å². The molecule has 1 N–H and O–H groups in total. The molecule has 0 radical (unpaired) electrons. The second-order valence-electron chi connectivity index (χ2n) is 3.69. The predicted molar refractivity (Wildman–Crippen MR) is 65.5 cm³/mol. The number of nitrogens with one attached hydrogen (secondary N) is 1. The summed E-state index contributed by atoms with van der Waals surface area (Å²) in [6.07, 6.45) is 1.09. The molecule has 0 unspecified atom stereocenters. The molecule has 0 bridgehead atoms. The largest absolute Gasteiger partial charge is 0.407 e. The molecule has 0 fully saturated rings. The normalized spacial score (nSPS) is 10.7. The molecular weight excluding hydrogens is 240 g/mol. The van der Waals surface area contributed by atoms with E-state index in [4.69, 9.17) is 4.74 Å². The molecule has 0 saturated carbocycles. The summed E-state index contributed by atoms with van der Waals surface area (Å²) in [6.45, 7) is 3.75. The fourth-order valence-electron chi connectivity index (χ4n) is 1.48. The van der Waals surface area contributed by atoms with E-state index in [2.05, 4.69) is 9.97 Å². The fraction of sp³-hybridized carbons (Fsp3) is 0.364. The predicted octanol–water partition coefficient (Wildman–Crippen LogP) is 2.00. The number of H-pyrrole nitrogens is 1. The van der Waals surface area contributed by atoms with Crippen LogP contribution >= 0.6 is 11.3 Å². The molecule has 2 aromatic rings. The number of aryl methyl sites for hydroxylation is 1. The molecule has 0 aromatic carbocycles. The quantitative estimate of drug-likeness (QED) is 0.848. The third kappa shape index (κ3) is 2.52. The molecular formula is C11H12N2O3S. The van der Waals surface area contributed by atoms with Gasteiger partial charge in [-0.05, 0) is 18.9 Å². The van der Waals surface area contributed by atoms with Crippen molar-refractivity contribution in [1.29, 1.82) is 0 Å². The summed E-state index contributed by atoms with van der Waals surface area (Å²) in [7, 11) is 0. The summed E-state index contributed by atoms with van der Waals surface area (Å²) in [5, 5.41) is 0. The average Bonchev–Trinajstić information content (AvgIpc) is 2.59. The number of carbonyl (C=O) groups is 1. The number of thiazole rings is 1. The molecule has 0 amide bonds. The van der Waals surface area contributed by atoms with Crippen LogP contribution in [-0.4, -0.2) is 15.9 Å². The third-order valence-electron chi connectivity index (χ3n) is 2.22. The van der Waals surface area contributed by atoms with Crippen molar-refractivity contribution in [2.75, 3.05) is 0 Å². The molecule has 2 rings (SSSR count). The molecule has 2 aromatic heterocycles. The van der Waals surface area contributed by atoms with E-state index in [0.717, 1.165) is 28.0 Å². The molecule has 17 heavy (non-hydrogen) atoms. The van der Waals surface area contributed by atoms with Gasteiger partial charge in [0.15, 0.2) is 5.65 Å². The summed E-state index contributed by atoms with van der Waals surface area (Å²) < 4.78 is 5.88. The van der Waals surface area contributed by atoms with E-state index in [1.54, 1.807) is 6.07 Å². The number of rotatable bonds is 3. The van der Waals surface area contributed by atoms with Crippen molar-refractivity contribution in [1.82, 2.24) is 9.97 Å². The van der Waals surface area contributed by atoms with Gasteiger partial charge < -0.3 is 4.74 Å². The van der Waals surface area contributed by atoms with Crippen LogP contribution in [0.2, 0.25) is 0 Å². The van der Waals surface area contributed by atoms with Gasteiger partial charge in [0.2, 0.25) is 5.88 Å². The van der Waals surface area contributed by atoms with Crippen LogP contribution in [-0.2, 0) is 4.79 Å². The lowest BCUT2D eigenvalue weighted by Gasteiger charge is -2.03. The number of aromatic amines is 1. The van der Waals surface area contributed by atoms with Crippen molar-refractivity contribution in [3.8, 4) is 5.88 Å². The molecule has 0 saturated heterocycles. The first kappa shape index (κ1) is 11.8. The van der Waals surface area contributed by atoms with Gasteiger partial charge in [0, 0.05) is 12.5 Å². The number of hydrogen-bond acceptors (Lipinski definition) is 5. The second kappa shape index (κ2) is 4.67. The number of hydrogen-bond donors (Lipinski definition) is 1. The van der Waals surface area contributed by atoms with Crippen molar-refractivity contribution < 1.29 is 9.53 Å². The van der Waals surface area contributed by atoms with Crippen molar-refractivity contribution in [2.24, 2.45) is 0 Å². The summed E-state index contributed by atoms with van der Waals surface area (Å²) in [6, 6.07) is 1.67. The number of fused-ring (bicyclic) bond motifs is 1. The standard InChI is InChI=1S/C11H12N2O3S/c1-3-4-8(14)16-7-5-6(2)9-10(12-7)13-11(15)17-9/h5H,3-4H2,1-2H3,(H,12,13,15). The van der Waals surface area contributed by atoms with Crippen molar-refractivity contribution in [3.05, 3.63) is 21.3 Å². The third-order valence-corrected chi connectivity index (χ3v) is 3.23. The molecule has 0 aliphatic heterocycles. The van der Waals surface area contributed by atoms with Crippen LogP contribution in [0.25, 0.3) is 10.3 Å². The molecule has 0 aliphatic rings. The Bertz CT molecular complexity index is 615. The van der Waals surface area contributed by atoms with Gasteiger partial charge >= 0.3 is 10.8 Å². The maximum absolute atomic E-state index is 11.3. The number of ether oxygens (including phenoxy) is 1. The number of pyridine rings is 1. The Hall–Kier alpha value is -1.69. The minimum atomic E-state index is -0.309. The lowest BCUT2D eigenvalue weighted by atomic mass is 10.3. The van der Waals surface area contributed by atoms with E-state index in [0.29, 0.717) is 12.1 Å². The lowest BCUT2D eigenvalue weighted by molar-refractivity contribution is -0.134. The first-order valence-corrected chi connectivity index (χ1v) is 6.13. The van der Waals surface area contributed by atoms with Crippen LogP contribution in [0.4, 0.5) is 0 Å². The van der Waals surface area contributed by atoms with Crippen LogP contribution in [0.1, 0.15) is 25.3 Å². The molecule has 6 heteroatoms. The molecule has 2 heterocycles. The number of nitrogens with zero attached hydrogens (tertiary/aromatic N) is 1. The van der Waals surface area contributed by atoms with Gasteiger partial charge in [-0.25, -0.2) is 0 Å². The van der Waals surface area contributed by atoms with Crippen LogP contribution in [0.3, 0.4) is 0 Å². The zero-order valence-corrected chi connectivity index (χ0v) is 10.4. The van der Waals surface area contributed by atoms with Gasteiger partial charge in [0.25, 0.3) is 0 Å². The maximum Gasteiger partial charge on any atom is 0.312 e. The number of esters is 1. The van der Waals surface area contributed by atoms with E-state index >= 15 is 0 Å².